The maximum atomic E-state index is 13.8. The zero-order chi connectivity index (χ0) is 21.0. The Hall–Kier alpha value is -2.68. The first-order chi connectivity index (χ1) is 14.3. The van der Waals surface area contributed by atoms with Crippen LogP contribution in [0.2, 0.25) is 0 Å². The Labute approximate surface area is 170 Å². The lowest BCUT2D eigenvalue weighted by Gasteiger charge is -2.19. The molecule has 1 aliphatic carbocycles. The van der Waals surface area contributed by atoms with E-state index in [2.05, 4.69) is 19.4 Å². The summed E-state index contributed by atoms with van der Waals surface area (Å²) in [5.41, 5.74) is 1.01. The van der Waals surface area contributed by atoms with Crippen molar-refractivity contribution in [3.63, 3.8) is 0 Å². The second-order valence-corrected chi connectivity index (χ2v) is 8.09. The zero-order valence-corrected chi connectivity index (χ0v) is 16.2. The summed E-state index contributed by atoms with van der Waals surface area (Å²) in [5, 5.41) is 0. The number of ether oxygens (including phenoxy) is 1. The number of hydrogen-bond donors (Lipinski definition) is 0. The van der Waals surface area contributed by atoms with Gasteiger partial charge in [-0.2, -0.15) is 13.2 Å². The molecule has 0 bridgehead atoms. The van der Waals surface area contributed by atoms with Crippen LogP contribution in [0.4, 0.5) is 17.6 Å². The minimum atomic E-state index is -4.52. The Morgan fingerprint density at radius 3 is 2.63 bits per heavy atom. The van der Waals surface area contributed by atoms with E-state index in [0.29, 0.717) is 11.8 Å². The van der Waals surface area contributed by atoms with Crippen molar-refractivity contribution in [2.75, 3.05) is 19.7 Å². The van der Waals surface area contributed by atoms with E-state index in [1.54, 1.807) is 12.4 Å². The fourth-order valence-electron chi connectivity index (χ4n) is 4.53. The molecule has 0 radical (unpaired) electrons. The Morgan fingerprint density at radius 1 is 1.17 bits per heavy atom. The van der Waals surface area contributed by atoms with Gasteiger partial charge in [0.2, 0.25) is 0 Å². The minimum Gasteiger partial charge on any atom is -0.490 e. The Kier molecular flexibility index (Phi) is 4.46. The SMILES string of the molecule is Cn1c(CN2C[C@@H]3C(COc4cc(C(F)(F)F)ccc4F)[C@@H]3C2)nc2cnccc21. The number of fused-ring (bicyclic) bond motifs is 2. The number of rotatable bonds is 5. The molecule has 30 heavy (non-hydrogen) atoms. The van der Waals surface area contributed by atoms with E-state index in [0.717, 1.165) is 54.7 Å². The molecule has 1 saturated carbocycles. The highest BCUT2D eigenvalue weighted by atomic mass is 19.4. The average Bonchev–Trinajstić information content (AvgIpc) is 3.02. The van der Waals surface area contributed by atoms with E-state index < -0.39 is 17.6 Å². The number of aryl methyl sites for hydroxylation is 1. The van der Waals surface area contributed by atoms with Crippen LogP contribution < -0.4 is 4.74 Å². The molecule has 158 valence electrons. The van der Waals surface area contributed by atoms with Gasteiger partial charge in [-0.3, -0.25) is 9.88 Å². The molecule has 2 aromatic heterocycles. The van der Waals surface area contributed by atoms with Crippen LogP contribution in [0, 0.1) is 23.6 Å². The topological polar surface area (TPSA) is 43.2 Å². The molecular weight excluding hydrogens is 400 g/mol. The predicted octanol–water partition coefficient (Wildman–Crippen LogP) is 3.88. The third-order valence-corrected chi connectivity index (χ3v) is 6.28. The van der Waals surface area contributed by atoms with Gasteiger partial charge in [0.1, 0.15) is 11.3 Å². The molecule has 5 rings (SSSR count). The van der Waals surface area contributed by atoms with Crippen molar-refractivity contribution in [1.82, 2.24) is 19.4 Å². The van der Waals surface area contributed by atoms with Gasteiger partial charge >= 0.3 is 6.18 Å². The third-order valence-electron chi connectivity index (χ3n) is 6.28. The summed E-state index contributed by atoms with van der Waals surface area (Å²) in [7, 11) is 1.99. The lowest BCUT2D eigenvalue weighted by atomic mass is 10.2. The smallest absolute Gasteiger partial charge is 0.416 e. The van der Waals surface area contributed by atoms with Crippen molar-refractivity contribution in [1.29, 1.82) is 0 Å². The van der Waals surface area contributed by atoms with Crippen LogP contribution in [0.25, 0.3) is 11.0 Å². The summed E-state index contributed by atoms with van der Waals surface area (Å²) in [5.74, 6) is 0.968. The van der Waals surface area contributed by atoms with Gasteiger partial charge in [-0.05, 0) is 36.1 Å². The molecule has 1 unspecified atom stereocenters. The molecule has 0 N–H and O–H groups in total. The maximum absolute atomic E-state index is 13.8. The van der Waals surface area contributed by atoms with Gasteiger partial charge in [-0.1, -0.05) is 0 Å². The van der Waals surface area contributed by atoms with Crippen molar-refractivity contribution in [2.24, 2.45) is 24.8 Å². The molecule has 2 fully saturated rings. The number of aromatic nitrogens is 3. The first-order valence-corrected chi connectivity index (χ1v) is 9.78. The van der Waals surface area contributed by atoms with Gasteiger partial charge in [0.15, 0.2) is 11.6 Å². The Bertz CT molecular complexity index is 1080. The summed E-state index contributed by atoms with van der Waals surface area (Å²) in [6.07, 6.45) is -1.02. The highest BCUT2D eigenvalue weighted by molar-refractivity contribution is 5.74. The summed E-state index contributed by atoms with van der Waals surface area (Å²) in [6.45, 7) is 2.73. The zero-order valence-electron chi connectivity index (χ0n) is 16.2. The molecule has 1 aliphatic heterocycles. The normalized spacial score (nSPS) is 23.7. The highest BCUT2D eigenvalue weighted by Crippen LogP contribution is 2.52. The van der Waals surface area contributed by atoms with Crippen LogP contribution in [-0.2, 0) is 19.8 Å². The quantitative estimate of drug-likeness (QED) is 0.588. The maximum Gasteiger partial charge on any atom is 0.416 e. The highest BCUT2D eigenvalue weighted by Gasteiger charge is 2.55. The second kappa shape index (κ2) is 6.94. The fourth-order valence-corrected chi connectivity index (χ4v) is 4.53. The van der Waals surface area contributed by atoms with Gasteiger partial charge < -0.3 is 9.30 Å². The van der Waals surface area contributed by atoms with Crippen LogP contribution in [0.15, 0.2) is 36.7 Å². The molecule has 3 heterocycles. The van der Waals surface area contributed by atoms with Crippen molar-refractivity contribution in [2.45, 2.75) is 12.7 Å². The predicted molar refractivity (Wildman–Crippen MR) is 101 cm³/mol. The molecule has 0 spiro atoms. The van der Waals surface area contributed by atoms with E-state index in [9.17, 15) is 17.6 Å². The average molecular weight is 420 g/mol. The number of benzene rings is 1. The van der Waals surface area contributed by atoms with Crippen LogP contribution in [0.5, 0.6) is 5.75 Å². The van der Waals surface area contributed by atoms with Gasteiger partial charge in [0, 0.05) is 32.3 Å². The number of piperidine rings is 1. The first-order valence-electron chi connectivity index (χ1n) is 9.78. The van der Waals surface area contributed by atoms with E-state index in [4.69, 9.17) is 4.74 Å². The number of imidazole rings is 1. The van der Waals surface area contributed by atoms with Crippen LogP contribution in [0.1, 0.15) is 11.4 Å². The summed E-state index contributed by atoms with van der Waals surface area (Å²) < 4.78 is 59.8. The van der Waals surface area contributed by atoms with Crippen molar-refractivity contribution >= 4 is 11.0 Å². The monoisotopic (exact) mass is 420 g/mol. The van der Waals surface area contributed by atoms with E-state index in [1.807, 2.05) is 13.1 Å². The first kappa shape index (κ1) is 19.3. The number of likely N-dealkylation sites (tertiary alicyclic amines) is 1. The summed E-state index contributed by atoms with van der Waals surface area (Å²) in [4.78, 5) is 11.1. The number of nitrogens with zero attached hydrogens (tertiary/aromatic N) is 4. The largest absolute Gasteiger partial charge is 0.490 e. The van der Waals surface area contributed by atoms with Gasteiger partial charge in [-0.25, -0.2) is 9.37 Å². The van der Waals surface area contributed by atoms with E-state index in [-0.39, 0.29) is 18.3 Å². The minimum absolute atomic E-state index is 0.235. The molecule has 2 aliphatic rings. The molecule has 1 saturated heterocycles. The molecule has 1 aromatic carbocycles. The molecule has 0 amide bonds. The summed E-state index contributed by atoms with van der Waals surface area (Å²) in [6, 6.07) is 4.21. The van der Waals surface area contributed by atoms with Crippen LogP contribution in [0.3, 0.4) is 0 Å². The van der Waals surface area contributed by atoms with Crippen LogP contribution >= 0.6 is 0 Å². The number of alkyl halides is 3. The van der Waals surface area contributed by atoms with Gasteiger partial charge in [0.25, 0.3) is 0 Å². The standard InChI is InChI=1S/C21H20F4N4O/c1-28-18-4-5-26-7-17(18)27-20(28)10-29-8-13-14(9-29)15(13)11-30-19-6-12(21(23,24)25)2-3-16(19)22/h2-7,13-15H,8-11H2,1H3/t13-,14+,15?. The Morgan fingerprint density at radius 2 is 1.93 bits per heavy atom. The lowest BCUT2D eigenvalue weighted by Crippen LogP contribution is -2.26. The second-order valence-electron chi connectivity index (χ2n) is 8.09. The van der Waals surface area contributed by atoms with Gasteiger partial charge in [0.05, 0.1) is 30.4 Å². The molecule has 3 atom stereocenters. The Balaban J connectivity index is 1.17. The van der Waals surface area contributed by atoms with Crippen molar-refractivity contribution < 1.29 is 22.3 Å². The lowest BCUT2D eigenvalue weighted by molar-refractivity contribution is -0.137. The van der Waals surface area contributed by atoms with Crippen molar-refractivity contribution in [3.05, 3.63) is 53.9 Å². The molecule has 3 aromatic rings. The third kappa shape index (κ3) is 3.40. The summed E-state index contributed by atoms with van der Waals surface area (Å²) >= 11 is 0. The number of halogens is 4. The van der Waals surface area contributed by atoms with Crippen molar-refractivity contribution in [3.8, 4) is 5.75 Å². The van der Waals surface area contributed by atoms with Gasteiger partial charge in [-0.15, -0.1) is 0 Å². The molecule has 5 nitrogen and oxygen atoms in total. The van der Waals surface area contributed by atoms with Crippen LogP contribution in [-0.4, -0.2) is 39.1 Å². The molecular formula is C21H20F4N4O. The van der Waals surface area contributed by atoms with E-state index in [1.165, 1.54) is 0 Å². The number of hydrogen-bond acceptors (Lipinski definition) is 4. The number of pyridine rings is 1. The fraction of sp³-hybridized carbons (Fsp3) is 0.429. The van der Waals surface area contributed by atoms with E-state index >= 15 is 0 Å². The molecule has 9 heteroatoms.